The van der Waals surface area contributed by atoms with Gasteiger partial charge in [0, 0.05) is 7.11 Å². The molecule has 0 spiro atoms. The van der Waals surface area contributed by atoms with Crippen molar-refractivity contribution in [2.24, 2.45) is 0 Å². The van der Waals surface area contributed by atoms with E-state index in [1.807, 2.05) is 0 Å². The summed E-state index contributed by atoms with van der Waals surface area (Å²) in [4.78, 5) is 11.0. The van der Waals surface area contributed by atoms with Crippen LogP contribution >= 0.6 is 23.2 Å². The van der Waals surface area contributed by atoms with Gasteiger partial charge in [0.25, 0.3) is 0 Å². The van der Waals surface area contributed by atoms with Gasteiger partial charge >= 0.3 is 0 Å². The van der Waals surface area contributed by atoms with E-state index in [0.717, 1.165) is 0 Å². The molecule has 1 aromatic carbocycles. The van der Waals surface area contributed by atoms with Gasteiger partial charge in [-0.1, -0.05) is 29.3 Å². The van der Waals surface area contributed by atoms with Gasteiger partial charge in [-0.05, 0) is 12.1 Å². The third-order valence-corrected chi connectivity index (χ3v) is 2.67. The summed E-state index contributed by atoms with van der Waals surface area (Å²) in [6.07, 6.45) is 0. The zero-order valence-corrected chi connectivity index (χ0v) is 10.8. The average molecular weight is 278 g/mol. The molecule has 0 aromatic heterocycles. The van der Waals surface area contributed by atoms with Crippen LogP contribution in [0.1, 0.15) is 0 Å². The van der Waals surface area contributed by atoms with E-state index in [9.17, 15) is 4.79 Å². The number of rotatable bonds is 6. The van der Waals surface area contributed by atoms with Gasteiger partial charge in [-0.25, -0.2) is 0 Å². The van der Waals surface area contributed by atoms with Gasteiger partial charge in [0.1, 0.15) is 24.0 Å². The Morgan fingerprint density at radius 3 is 2.88 bits per heavy atom. The molecule has 0 radical (unpaired) electrons. The number of carbonyl (C=O) groups is 1. The van der Waals surface area contributed by atoms with Crippen molar-refractivity contribution in [1.82, 2.24) is 5.32 Å². The molecule has 1 amide bonds. The summed E-state index contributed by atoms with van der Waals surface area (Å²) in [5.74, 6) is 0.313. The maximum Gasteiger partial charge on any atom is 0.246 e. The number of hydrogen-bond acceptors (Lipinski definition) is 3. The molecule has 0 saturated heterocycles. The predicted octanol–water partition coefficient (Wildman–Crippen LogP) is 2.13. The number of methoxy groups -OCH3 is 1. The van der Waals surface area contributed by atoms with E-state index in [0.29, 0.717) is 28.9 Å². The second kappa shape index (κ2) is 7.37. The SMILES string of the molecule is COCC(=O)NCCOc1cccc(Cl)c1Cl. The van der Waals surface area contributed by atoms with Crippen molar-refractivity contribution < 1.29 is 14.3 Å². The highest BCUT2D eigenvalue weighted by atomic mass is 35.5. The highest BCUT2D eigenvalue weighted by molar-refractivity contribution is 6.42. The number of benzene rings is 1. The molecule has 0 fully saturated rings. The van der Waals surface area contributed by atoms with Crippen molar-refractivity contribution in [2.45, 2.75) is 0 Å². The maximum absolute atomic E-state index is 11.0. The molecule has 17 heavy (non-hydrogen) atoms. The molecule has 0 atom stereocenters. The summed E-state index contributed by atoms with van der Waals surface area (Å²) >= 11 is 11.7. The Hall–Kier alpha value is -0.970. The Labute approximate surface area is 110 Å². The van der Waals surface area contributed by atoms with Crippen LogP contribution in [0, 0.1) is 0 Å². The van der Waals surface area contributed by atoms with Gasteiger partial charge in [-0.3, -0.25) is 4.79 Å². The van der Waals surface area contributed by atoms with Crippen LogP contribution in [-0.4, -0.2) is 32.8 Å². The Morgan fingerprint density at radius 2 is 2.18 bits per heavy atom. The molecule has 0 aliphatic carbocycles. The molecule has 0 unspecified atom stereocenters. The third-order valence-electron chi connectivity index (χ3n) is 1.87. The summed E-state index contributed by atoms with van der Waals surface area (Å²) in [5, 5.41) is 3.43. The zero-order valence-electron chi connectivity index (χ0n) is 9.33. The van der Waals surface area contributed by atoms with Gasteiger partial charge in [-0.15, -0.1) is 0 Å². The highest BCUT2D eigenvalue weighted by Gasteiger charge is 2.05. The van der Waals surface area contributed by atoms with Crippen LogP contribution in [0.4, 0.5) is 0 Å². The zero-order chi connectivity index (χ0) is 12.7. The lowest BCUT2D eigenvalue weighted by molar-refractivity contribution is -0.124. The molecule has 1 rings (SSSR count). The minimum Gasteiger partial charge on any atom is -0.490 e. The summed E-state index contributed by atoms with van der Waals surface area (Å²) < 4.78 is 10.0. The Balaban J connectivity index is 2.31. The Kier molecular flexibility index (Phi) is 6.11. The molecular formula is C11H13Cl2NO3. The molecule has 0 aliphatic heterocycles. The van der Waals surface area contributed by atoms with Gasteiger partial charge in [0.15, 0.2) is 0 Å². The largest absolute Gasteiger partial charge is 0.490 e. The fourth-order valence-corrected chi connectivity index (χ4v) is 1.48. The molecule has 0 heterocycles. The first-order valence-corrected chi connectivity index (χ1v) is 5.73. The number of ether oxygens (including phenoxy) is 2. The molecule has 0 saturated carbocycles. The van der Waals surface area contributed by atoms with Crippen molar-refractivity contribution >= 4 is 29.1 Å². The average Bonchev–Trinajstić information content (AvgIpc) is 2.30. The summed E-state index contributed by atoms with van der Waals surface area (Å²) in [6, 6.07) is 5.13. The summed E-state index contributed by atoms with van der Waals surface area (Å²) in [5.41, 5.74) is 0. The fourth-order valence-electron chi connectivity index (χ4n) is 1.13. The van der Waals surface area contributed by atoms with Crippen LogP contribution in [0.15, 0.2) is 18.2 Å². The van der Waals surface area contributed by atoms with Crippen molar-refractivity contribution in [3.8, 4) is 5.75 Å². The van der Waals surface area contributed by atoms with Gasteiger partial charge in [0.2, 0.25) is 5.91 Å². The second-order valence-electron chi connectivity index (χ2n) is 3.18. The van der Waals surface area contributed by atoms with Gasteiger partial charge in [-0.2, -0.15) is 0 Å². The van der Waals surface area contributed by atoms with E-state index in [1.54, 1.807) is 18.2 Å². The van der Waals surface area contributed by atoms with E-state index < -0.39 is 0 Å². The number of amides is 1. The maximum atomic E-state index is 11.0. The topological polar surface area (TPSA) is 47.6 Å². The first-order valence-electron chi connectivity index (χ1n) is 4.97. The van der Waals surface area contributed by atoms with Crippen LogP contribution in [0.5, 0.6) is 5.75 Å². The fraction of sp³-hybridized carbons (Fsp3) is 0.364. The van der Waals surface area contributed by atoms with Gasteiger partial charge < -0.3 is 14.8 Å². The molecule has 0 bridgehead atoms. The van der Waals surface area contributed by atoms with E-state index in [-0.39, 0.29) is 12.5 Å². The quantitative estimate of drug-likeness (QED) is 0.811. The van der Waals surface area contributed by atoms with Crippen molar-refractivity contribution in [1.29, 1.82) is 0 Å². The smallest absolute Gasteiger partial charge is 0.246 e. The lowest BCUT2D eigenvalue weighted by Gasteiger charge is -2.09. The molecule has 1 aromatic rings. The van der Waals surface area contributed by atoms with E-state index in [4.69, 9.17) is 27.9 Å². The van der Waals surface area contributed by atoms with Crippen LogP contribution in [-0.2, 0) is 9.53 Å². The second-order valence-corrected chi connectivity index (χ2v) is 3.97. The first kappa shape index (κ1) is 14.1. The van der Waals surface area contributed by atoms with Crippen LogP contribution in [0.25, 0.3) is 0 Å². The number of nitrogens with one attached hydrogen (secondary N) is 1. The minimum absolute atomic E-state index is 0.0396. The summed E-state index contributed by atoms with van der Waals surface area (Å²) in [7, 11) is 1.46. The lowest BCUT2D eigenvalue weighted by atomic mass is 10.3. The number of halogens is 2. The lowest BCUT2D eigenvalue weighted by Crippen LogP contribution is -2.30. The van der Waals surface area contributed by atoms with Crippen molar-refractivity contribution in [3.05, 3.63) is 28.2 Å². The predicted molar refractivity (Wildman–Crippen MR) is 66.8 cm³/mol. The van der Waals surface area contributed by atoms with E-state index in [2.05, 4.69) is 10.1 Å². The first-order chi connectivity index (χ1) is 8.15. The molecule has 0 aliphatic rings. The Bertz CT molecular complexity index is 385. The van der Waals surface area contributed by atoms with E-state index in [1.165, 1.54) is 7.11 Å². The minimum atomic E-state index is -0.187. The molecular weight excluding hydrogens is 265 g/mol. The van der Waals surface area contributed by atoms with Crippen LogP contribution < -0.4 is 10.1 Å². The molecule has 6 heteroatoms. The van der Waals surface area contributed by atoms with E-state index >= 15 is 0 Å². The number of hydrogen-bond donors (Lipinski definition) is 1. The normalized spacial score (nSPS) is 10.1. The third kappa shape index (κ3) is 4.81. The van der Waals surface area contributed by atoms with Crippen molar-refractivity contribution in [2.75, 3.05) is 26.9 Å². The standard InChI is InChI=1S/C11H13Cl2NO3/c1-16-7-10(15)14-5-6-17-9-4-2-3-8(12)11(9)13/h2-4H,5-7H2,1H3,(H,14,15). The van der Waals surface area contributed by atoms with Crippen molar-refractivity contribution in [3.63, 3.8) is 0 Å². The van der Waals surface area contributed by atoms with Crippen LogP contribution in [0.2, 0.25) is 10.0 Å². The number of carbonyl (C=O) groups excluding carboxylic acids is 1. The molecule has 1 N–H and O–H groups in total. The molecule has 94 valence electrons. The molecule has 4 nitrogen and oxygen atoms in total. The summed E-state index contributed by atoms with van der Waals surface area (Å²) in [6.45, 7) is 0.735. The monoisotopic (exact) mass is 277 g/mol. The van der Waals surface area contributed by atoms with Gasteiger partial charge in [0.05, 0.1) is 11.6 Å². The van der Waals surface area contributed by atoms with Crippen LogP contribution in [0.3, 0.4) is 0 Å². The Morgan fingerprint density at radius 1 is 1.41 bits per heavy atom. The highest BCUT2D eigenvalue weighted by Crippen LogP contribution is 2.31.